The molecule has 0 unspecified atom stereocenters. The van der Waals surface area contributed by atoms with E-state index in [1.807, 2.05) is 20.8 Å². The van der Waals surface area contributed by atoms with Gasteiger partial charge in [0.2, 0.25) is 0 Å². The van der Waals surface area contributed by atoms with Crippen LogP contribution in [-0.4, -0.2) is 49.3 Å². The summed E-state index contributed by atoms with van der Waals surface area (Å²) < 4.78 is 5.12. The standard InChI is InChI=1S/C11H25N3O2/c1-5-14(8-6-12)9-7-13-10(15)16-11(2,3)4/h5-9,12H2,1-4H3,(H,13,15). The lowest BCUT2D eigenvalue weighted by Crippen LogP contribution is -2.39. The molecule has 0 aromatic carbocycles. The summed E-state index contributed by atoms with van der Waals surface area (Å²) in [5, 5.41) is 2.72. The molecule has 3 N–H and O–H groups in total. The number of hydrogen-bond acceptors (Lipinski definition) is 4. The van der Waals surface area contributed by atoms with Crippen LogP contribution in [0.4, 0.5) is 4.79 Å². The fraction of sp³-hybridized carbons (Fsp3) is 0.909. The molecule has 0 bridgehead atoms. The first kappa shape index (κ1) is 15.2. The molecule has 0 radical (unpaired) electrons. The molecular weight excluding hydrogens is 206 g/mol. The topological polar surface area (TPSA) is 67.6 Å². The zero-order chi connectivity index (χ0) is 12.6. The second-order valence-electron chi connectivity index (χ2n) is 4.65. The van der Waals surface area contributed by atoms with Crippen LogP contribution in [0.15, 0.2) is 0 Å². The van der Waals surface area contributed by atoms with Gasteiger partial charge < -0.3 is 20.7 Å². The van der Waals surface area contributed by atoms with Crippen LogP contribution in [0.25, 0.3) is 0 Å². The van der Waals surface area contributed by atoms with Crippen LogP contribution in [0.2, 0.25) is 0 Å². The predicted molar refractivity (Wildman–Crippen MR) is 65.4 cm³/mol. The van der Waals surface area contributed by atoms with Gasteiger partial charge in [-0.05, 0) is 27.3 Å². The highest BCUT2D eigenvalue weighted by Gasteiger charge is 2.15. The number of nitrogens with one attached hydrogen (secondary N) is 1. The van der Waals surface area contributed by atoms with Gasteiger partial charge in [-0.1, -0.05) is 6.92 Å². The molecule has 0 heterocycles. The van der Waals surface area contributed by atoms with Crippen molar-refractivity contribution in [1.29, 1.82) is 0 Å². The Bertz CT molecular complexity index is 202. The Morgan fingerprint density at radius 3 is 2.44 bits per heavy atom. The van der Waals surface area contributed by atoms with Crippen LogP contribution in [0.3, 0.4) is 0 Å². The van der Waals surface area contributed by atoms with Gasteiger partial charge in [-0.15, -0.1) is 0 Å². The van der Waals surface area contributed by atoms with Crippen molar-refractivity contribution in [3.05, 3.63) is 0 Å². The molecule has 0 aliphatic rings. The van der Waals surface area contributed by atoms with Gasteiger partial charge in [-0.3, -0.25) is 0 Å². The molecule has 5 nitrogen and oxygen atoms in total. The average molecular weight is 231 g/mol. The van der Waals surface area contributed by atoms with Crippen LogP contribution in [-0.2, 0) is 4.74 Å². The summed E-state index contributed by atoms with van der Waals surface area (Å²) in [6, 6.07) is 0. The molecule has 0 aliphatic carbocycles. The second-order valence-corrected chi connectivity index (χ2v) is 4.65. The van der Waals surface area contributed by atoms with Crippen molar-refractivity contribution in [2.45, 2.75) is 33.3 Å². The van der Waals surface area contributed by atoms with E-state index in [1.54, 1.807) is 0 Å². The van der Waals surface area contributed by atoms with Crippen LogP contribution < -0.4 is 11.1 Å². The minimum atomic E-state index is -0.439. The van der Waals surface area contributed by atoms with Gasteiger partial charge in [0.15, 0.2) is 0 Å². The maximum absolute atomic E-state index is 11.3. The maximum Gasteiger partial charge on any atom is 0.407 e. The molecule has 0 atom stereocenters. The molecule has 16 heavy (non-hydrogen) atoms. The van der Waals surface area contributed by atoms with Gasteiger partial charge in [0.05, 0.1) is 0 Å². The summed E-state index contributed by atoms with van der Waals surface area (Å²) in [6.45, 7) is 11.4. The largest absolute Gasteiger partial charge is 0.444 e. The van der Waals surface area contributed by atoms with Crippen molar-refractivity contribution in [3.8, 4) is 0 Å². The van der Waals surface area contributed by atoms with E-state index < -0.39 is 5.60 Å². The lowest BCUT2D eigenvalue weighted by molar-refractivity contribution is 0.0522. The number of alkyl carbamates (subject to hydrolysis) is 1. The van der Waals surface area contributed by atoms with Crippen molar-refractivity contribution < 1.29 is 9.53 Å². The summed E-state index contributed by atoms with van der Waals surface area (Å²) >= 11 is 0. The Labute approximate surface area is 98.3 Å². The van der Waals surface area contributed by atoms with Gasteiger partial charge in [0.1, 0.15) is 5.60 Å². The first-order valence-electron chi connectivity index (χ1n) is 5.78. The predicted octanol–water partition coefficient (Wildman–Crippen LogP) is 0.792. The van der Waals surface area contributed by atoms with E-state index in [-0.39, 0.29) is 6.09 Å². The first-order chi connectivity index (χ1) is 7.39. The molecule has 0 fully saturated rings. The normalized spacial score (nSPS) is 11.6. The number of hydrogen-bond donors (Lipinski definition) is 2. The molecule has 0 aliphatic heterocycles. The number of amides is 1. The van der Waals surface area contributed by atoms with Crippen molar-refractivity contribution >= 4 is 6.09 Å². The molecule has 0 aromatic rings. The Kier molecular flexibility index (Phi) is 7.08. The van der Waals surface area contributed by atoms with E-state index in [4.69, 9.17) is 10.5 Å². The van der Waals surface area contributed by atoms with Gasteiger partial charge in [-0.25, -0.2) is 4.79 Å². The third-order valence-electron chi connectivity index (χ3n) is 1.99. The number of carbonyl (C=O) groups excluding carboxylic acids is 1. The van der Waals surface area contributed by atoms with Gasteiger partial charge >= 0.3 is 6.09 Å². The van der Waals surface area contributed by atoms with E-state index in [2.05, 4.69) is 17.1 Å². The molecule has 0 rings (SSSR count). The number of carbonyl (C=O) groups is 1. The first-order valence-corrected chi connectivity index (χ1v) is 5.78. The monoisotopic (exact) mass is 231 g/mol. The Morgan fingerprint density at radius 1 is 1.38 bits per heavy atom. The number of nitrogens with zero attached hydrogens (tertiary/aromatic N) is 1. The smallest absolute Gasteiger partial charge is 0.407 e. The number of rotatable bonds is 6. The highest BCUT2D eigenvalue weighted by Crippen LogP contribution is 2.06. The van der Waals surface area contributed by atoms with E-state index in [1.165, 1.54) is 0 Å². The van der Waals surface area contributed by atoms with Crippen LogP contribution >= 0.6 is 0 Å². The summed E-state index contributed by atoms with van der Waals surface area (Å²) in [4.78, 5) is 13.5. The minimum absolute atomic E-state index is 0.365. The van der Waals surface area contributed by atoms with Gasteiger partial charge in [0, 0.05) is 26.2 Å². The lowest BCUT2D eigenvalue weighted by Gasteiger charge is -2.22. The molecule has 5 heteroatoms. The zero-order valence-corrected chi connectivity index (χ0v) is 10.9. The summed E-state index contributed by atoms with van der Waals surface area (Å²) in [7, 11) is 0. The van der Waals surface area contributed by atoms with Crippen LogP contribution in [0.1, 0.15) is 27.7 Å². The third-order valence-corrected chi connectivity index (χ3v) is 1.99. The van der Waals surface area contributed by atoms with Crippen LogP contribution in [0.5, 0.6) is 0 Å². The zero-order valence-electron chi connectivity index (χ0n) is 10.9. The average Bonchev–Trinajstić information content (AvgIpc) is 2.13. The Balaban J connectivity index is 3.68. The van der Waals surface area contributed by atoms with Gasteiger partial charge in [-0.2, -0.15) is 0 Å². The van der Waals surface area contributed by atoms with Gasteiger partial charge in [0.25, 0.3) is 0 Å². The highest BCUT2D eigenvalue weighted by atomic mass is 16.6. The van der Waals surface area contributed by atoms with Crippen molar-refractivity contribution in [1.82, 2.24) is 10.2 Å². The molecule has 0 aromatic heterocycles. The van der Waals surface area contributed by atoms with E-state index in [0.717, 1.165) is 19.6 Å². The van der Waals surface area contributed by atoms with Crippen molar-refractivity contribution in [3.63, 3.8) is 0 Å². The fourth-order valence-corrected chi connectivity index (χ4v) is 1.24. The summed E-state index contributed by atoms with van der Waals surface area (Å²) in [5.41, 5.74) is 5.03. The third kappa shape index (κ3) is 8.49. The second kappa shape index (κ2) is 7.46. The molecular formula is C11H25N3O2. The lowest BCUT2D eigenvalue weighted by atomic mass is 10.2. The molecule has 96 valence electrons. The Morgan fingerprint density at radius 2 is 2.00 bits per heavy atom. The summed E-state index contributed by atoms with van der Waals surface area (Å²) in [6.07, 6.45) is -0.365. The molecule has 0 saturated carbocycles. The van der Waals surface area contributed by atoms with Crippen molar-refractivity contribution in [2.75, 3.05) is 32.7 Å². The molecule has 0 saturated heterocycles. The van der Waals surface area contributed by atoms with E-state index in [9.17, 15) is 4.79 Å². The van der Waals surface area contributed by atoms with E-state index in [0.29, 0.717) is 13.1 Å². The fourth-order valence-electron chi connectivity index (χ4n) is 1.24. The van der Waals surface area contributed by atoms with Crippen LogP contribution in [0, 0.1) is 0 Å². The maximum atomic E-state index is 11.3. The SMILES string of the molecule is CCN(CCN)CCNC(=O)OC(C)(C)C. The quantitative estimate of drug-likeness (QED) is 0.709. The summed E-state index contributed by atoms with van der Waals surface area (Å²) in [5.74, 6) is 0. The van der Waals surface area contributed by atoms with E-state index >= 15 is 0 Å². The number of nitrogens with two attached hydrogens (primary N) is 1. The van der Waals surface area contributed by atoms with Crippen molar-refractivity contribution in [2.24, 2.45) is 5.73 Å². The Hall–Kier alpha value is -0.810. The molecule has 1 amide bonds. The highest BCUT2D eigenvalue weighted by molar-refractivity contribution is 5.67. The number of likely N-dealkylation sites (N-methyl/N-ethyl adjacent to an activating group) is 1. The minimum Gasteiger partial charge on any atom is -0.444 e. The number of ether oxygens (including phenoxy) is 1. The molecule has 0 spiro atoms.